The topological polar surface area (TPSA) is 52.0 Å². The van der Waals surface area contributed by atoms with E-state index >= 15 is 0 Å². The molecule has 0 fully saturated rings. The summed E-state index contributed by atoms with van der Waals surface area (Å²) in [7, 11) is 1.62. The lowest BCUT2D eigenvalue weighted by atomic mass is 10.3. The molecule has 2 heterocycles. The molecule has 0 spiro atoms. The van der Waals surface area contributed by atoms with Gasteiger partial charge in [0, 0.05) is 32.7 Å². The third-order valence-electron chi connectivity index (χ3n) is 2.77. The van der Waals surface area contributed by atoms with Crippen LogP contribution in [-0.4, -0.2) is 34.8 Å². The van der Waals surface area contributed by atoms with Crippen LogP contribution in [0.15, 0.2) is 30.7 Å². The zero-order valence-corrected chi connectivity index (χ0v) is 11.4. The Balaban J connectivity index is 2.10. The first-order valence-electron chi connectivity index (χ1n) is 6.32. The van der Waals surface area contributed by atoms with E-state index in [4.69, 9.17) is 4.74 Å². The number of nitrogens with zero attached hydrogens (tertiary/aromatic N) is 3. The van der Waals surface area contributed by atoms with E-state index < -0.39 is 11.9 Å². The van der Waals surface area contributed by atoms with Gasteiger partial charge in [-0.05, 0) is 18.6 Å². The maximum absolute atomic E-state index is 12.5. The SMILES string of the molecule is COCCCNc1nccn1-c1ccc(C(F)(F)F)nc1. The number of rotatable bonds is 6. The molecule has 114 valence electrons. The number of nitrogens with one attached hydrogen (secondary N) is 1. The van der Waals surface area contributed by atoms with Gasteiger partial charge in [0.15, 0.2) is 0 Å². The van der Waals surface area contributed by atoms with Gasteiger partial charge >= 0.3 is 6.18 Å². The van der Waals surface area contributed by atoms with E-state index in [1.54, 1.807) is 24.1 Å². The smallest absolute Gasteiger partial charge is 0.385 e. The number of pyridine rings is 1. The Labute approximate surface area is 119 Å². The van der Waals surface area contributed by atoms with Crippen LogP contribution in [0.3, 0.4) is 0 Å². The summed E-state index contributed by atoms with van der Waals surface area (Å²) < 4.78 is 44.0. The van der Waals surface area contributed by atoms with Crippen LogP contribution in [-0.2, 0) is 10.9 Å². The molecule has 2 aromatic heterocycles. The van der Waals surface area contributed by atoms with Crippen LogP contribution in [0, 0.1) is 0 Å². The van der Waals surface area contributed by atoms with Crippen LogP contribution in [0.4, 0.5) is 19.1 Å². The number of hydrogen-bond donors (Lipinski definition) is 1. The van der Waals surface area contributed by atoms with Crippen LogP contribution in [0.5, 0.6) is 0 Å². The summed E-state index contributed by atoms with van der Waals surface area (Å²) in [5, 5.41) is 3.09. The highest BCUT2D eigenvalue weighted by Crippen LogP contribution is 2.27. The number of ether oxygens (including phenoxy) is 1. The second kappa shape index (κ2) is 6.57. The van der Waals surface area contributed by atoms with Crippen LogP contribution >= 0.6 is 0 Å². The number of methoxy groups -OCH3 is 1. The van der Waals surface area contributed by atoms with Crippen LogP contribution < -0.4 is 5.32 Å². The molecule has 0 aliphatic rings. The van der Waals surface area contributed by atoms with Gasteiger partial charge in [0.25, 0.3) is 0 Å². The number of imidazole rings is 1. The van der Waals surface area contributed by atoms with Gasteiger partial charge in [-0.1, -0.05) is 0 Å². The van der Waals surface area contributed by atoms with E-state index in [9.17, 15) is 13.2 Å². The molecular formula is C13H15F3N4O. The summed E-state index contributed by atoms with van der Waals surface area (Å²) >= 11 is 0. The van der Waals surface area contributed by atoms with Gasteiger partial charge in [0.1, 0.15) is 5.69 Å². The summed E-state index contributed by atoms with van der Waals surface area (Å²) in [5.74, 6) is 0.549. The molecule has 2 aromatic rings. The first-order chi connectivity index (χ1) is 10.0. The molecule has 8 heteroatoms. The Bertz CT molecular complexity index is 566. The van der Waals surface area contributed by atoms with Crippen molar-refractivity contribution in [3.8, 4) is 5.69 Å². The van der Waals surface area contributed by atoms with Crippen molar-refractivity contribution in [2.24, 2.45) is 0 Å². The minimum atomic E-state index is -4.44. The van der Waals surface area contributed by atoms with Crippen molar-refractivity contribution >= 4 is 5.95 Å². The zero-order valence-electron chi connectivity index (χ0n) is 11.4. The van der Waals surface area contributed by atoms with Crippen molar-refractivity contribution in [3.63, 3.8) is 0 Å². The maximum atomic E-state index is 12.5. The van der Waals surface area contributed by atoms with E-state index in [-0.39, 0.29) is 0 Å². The molecule has 0 unspecified atom stereocenters. The van der Waals surface area contributed by atoms with Gasteiger partial charge in [-0.2, -0.15) is 13.2 Å². The molecule has 0 bridgehead atoms. The van der Waals surface area contributed by atoms with Gasteiger partial charge in [0.2, 0.25) is 5.95 Å². The molecule has 0 aliphatic carbocycles. The number of anilines is 1. The fraction of sp³-hybridized carbons (Fsp3) is 0.385. The Kier molecular flexibility index (Phi) is 4.79. The lowest BCUT2D eigenvalue weighted by molar-refractivity contribution is -0.141. The maximum Gasteiger partial charge on any atom is 0.433 e. The number of hydrogen-bond acceptors (Lipinski definition) is 4. The van der Waals surface area contributed by atoms with Crippen molar-refractivity contribution < 1.29 is 17.9 Å². The molecule has 0 aliphatic heterocycles. The molecule has 0 saturated heterocycles. The van der Waals surface area contributed by atoms with Gasteiger partial charge in [-0.25, -0.2) is 9.97 Å². The second-order valence-corrected chi connectivity index (χ2v) is 4.29. The Morgan fingerprint density at radius 2 is 2.10 bits per heavy atom. The summed E-state index contributed by atoms with van der Waals surface area (Å²) in [5.41, 5.74) is -0.407. The highest BCUT2D eigenvalue weighted by atomic mass is 19.4. The first kappa shape index (κ1) is 15.3. The molecular weight excluding hydrogens is 285 g/mol. The highest BCUT2D eigenvalue weighted by molar-refractivity contribution is 5.40. The van der Waals surface area contributed by atoms with Crippen molar-refractivity contribution in [2.45, 2.75) is 12.6 Å². The molecule has 5 nitrogen and oxygen atoms in total. The van der Waals surface area contributed by atoms with E-state index in [0.717, 1.165) is 12.5 Å². The average Bonchev–Trinajstić information content (AvgIpc) is 2.91. The van der Waals surface area contributed by atoms with Crippen molar-refractivity contribution in [1.82, 2.24) is 14.5 Å². The van der Waals surface area contributed by atoms with E-state index in [1.807, 2.05) is 0 Å². The molecule has 1 N–H and O–H groups in total. The van der Waals surface area contributed by atoms with Crippen molar-refractivity contribution in [3.05, 3.63) is 36.4 Å². The summed E-state index contributed by atoms with van der Waals surface area (Å²) in [4.78, 5) is 7.56. The second-order valence-electron chi connectivity index (χ2n) is 4.29. The van der Waals surface area contributed by atoms with Crippen molar-refractivity contribution in [1.29, 1.82) is 0 Å². The van der Waals surface area contributed by atoms with E-state index in [1.165, 1.54) is 12.3 Å². The highest BCUT2D eigenvalue weighted by Gasteiger charge is 2.32. The van der Waals surface area contributed by atoms with Crippen molar-refractivity contribution in [2.75, 3.05) is 25.6 Å². The lowest BCUT2D eigenvalue weighted by Gasteiger charge is -2.10. The van der Waals surface area contributed by atoms with Gasteiger partial charge < -0.3 is 10.1 Å². The molecule has 21 heavy (non-hydrogen) atoms. The summed E-state index contributed by atoms with van der Waals surface area (Å²) in [6.07, 6.45) is 0.757. The standard InChI is InChI=1S/C13H15F3N4O/c1-21-8-2-5-17-12-18-6-7-20(12)10-3-4-11(19-9-10)13(14,15)16/h3-4,6-7,9H,2,5,8H2,1H3,(H,17,18). The Morgan fingerprint density at radius 1 is 1.29 bits per heavy atom. The Morgan fingerprint density at radius 3 is 2.71 bits per heavy atom. The minimum absolute atomic E-state index is 0.509. The van der Waals surface area contributed by atoms with Gasteiger partial charge in [0.05, 0.1) is 11.9 Å². The average molecular weight is 300 g/mol. The lowest BCUT2D eigenvalue weighted by Crippen LogP contribution is -2.11. The number of halogens is 3. The Hall–Kier alpha value is -2.09. The van der Waals surface area contributed by atoms with Crippen LogP contribution in [0.1, 0.15) is 12.1 Å². The minimum Gasteiger partial charge on any atom is -0.385 e. The quantitative estimate of drug-likeness (QED) is 0.833. The third-order valence-corrected chi connectivity index (χ3v) is 2.77. The normalized spacial score (nSPS) is 11.6. The zero-order chi connectivity index (χ0) is 15.3. The fourth-order valence-electron chi connectivity index (χ4n) is 1.76. The fourth-order valence-corrected chi connectivity index (χ4v) is 1.76. The van der Waals surface area contributed by atoms with Gasteiger partial charge in [-0.15, -0.1) is 0 Å². The predicted octanol–water partition coefficient (Wildman–Crippen LogP) is 2.73. The number of aromatic nitrogens is 3. The molecule has 0 radical (unpaired) electrons. The van der Waals surface area contributed by atoms with Crippen LogP contribution in [0.2, 0.25) is 0 Å². The molecule has 0 atom stereocenters. The molecule has 0 amide bonds. The molecule has 2 rings (SSSR count). The van der Waals surface area contributed by atoms with E-state index in [2.05, 4.69) is 15.3 Å². The third kappa shape index (κ3) is 3.94. The molecule has 0 aromatic carbocycles. The summed E-state index contributed by atoms with van der Waals surface area (Å²) in [6.45, 7) is 1.27. The monoisotopic (exact) mass is 300 g/mol. The summed E-state index contributed by atoms with van der Waals surface area (Å²) in [6, 6.07) is 2.31. The number of alkyl halides is 3. The predicted molar refractivity (Wildman–Crippen MR) is 71.3 cm³/mol. The molecule has 0 saturated carbocycles. The largest absolute Gasteiger partial charge is 0.433 e. The van der Waals surface area contributed by atoms with Gasteiger partial charge in [-0.3, -0.25) is 4.57 Å². The van der Waals surface area contributed by atoms with E-state index in [0.29, 0.717) is 24.8 Å². The first-order valence-corrected chi connectivity index (χ1v) is 6.32. The van der Waals surface area contributed by atoms with Crippen LogP contribution in [0.25, 0.3) is 5.69 Å².